The lowest BCUT2D eigenvalue weighted by molar-refractivity contribution is 0.0996. The van der Waals surface area contributed by atoms with Gasteiger partial charge in [0.2, 0.25) is 10.0 Å². The Hall–Kier alpha value is -2.40. The van der Waals surface area contributed by atoms with Crippen LogP contribution in [0.4, 0.5) is 4.39 Å². The molecule has 188 valence electrons. The van der Waals surface area contributed by atoms with Gasteiger partial charge in [0, 0.05) is 31.8 Å². The largest absolute Gasteiger partial charge is 0.380 e. The van der Waals surface area contributed by atoms with Crippen molar-refractivity contribution >= 4 is 37.5 Å². The number of hydrogen-bond acceptors (Lipinski definition) is 5. The number of sulfonamides is 1. The Balaban J connectivity index is 1.62. The zero-order valence-corrected chi connectivity index (χ0v) is 21.7. The third-order valence-corrected chi connectivity index (χ3v) is 8.97. The number of piperidine rings is 1. The molecule has 2 unspecified atom stereocenters. The molecular weight excluding hydrogens is 489 g/mol. The van der Waals surface area contributed by atoms with Crippen LogP contribution in [-0.4, -0.2) is 49.5 Å². The van der Waals surface area contributed by atoms with Crippen LogP contribution < -0.4 is 4.80 Å². The van der Waals surface area contributed by atoms with Crippen molar-refractivity contribution in [3.8, 4) is 0 Å². The summed E-state index contributed by atoms with van der Waals surface area (Å²) in [7, 11) is -3.63. The van der Waals surface area contributed by atoms with Gasteiger partial charge in [0.15, 0.2) is 4.80 Å². The van der Waals surface area contributed by atoms with E-state index in [1.807, 2.05) is 11.5 Å². The molecule has 7 nitrogen and oxygen atoms in total. The van der Waals surface area contributed by atoms with Crippen molar-refractivity contribution in [3.63, 3.8) is 0 Å². The standard InChI is InChI=1S/C25H30FN3O4S2/c1-4-33-12-11-29-22-10-7-20(26)14-23(22)34-25(29)27-24(30)19-5-8-21(9-6-19)35(31,32)28-15-17(2)13-18(3)16-28/h5-10,14,17-18H,4,11-13,15-16H2,1-3H3. The summed E-state index contributed by atoms with van der Waals surface area (Å²) in [5, 5.41) is 0. The maximum absolute atomic E-state index is 13.7. The molecule has 4 rings (SSSR count). The number of nitrogens with zero attached hydrogens (tertiary/aromatic N) is 3. The summed E-state index contributed by atoms with van der Waals surface area (Å²) in [6.07, 6.45) is 1.01. The van der Waals surface area contributed by atoms with E-state index in [4.69, 9.17) is 4.74 Å². The van der Waals surface area contributed by atoms with Crippen LogP contribution in [0.3, 0.4) is 0 Å². The molecule has 1 saturated heterocycles. The average molecular weight is 520 g/mol. The number of thiazole rings is 1. The van der Waals surface area contributed by atoms with Crippen LogP contribution in [0.15, 0.2) is 52.4 Å². The molecule has 1 fully saturated rings. The molecule has 1 amide bonds. The lowest BCUT2D eigenvalue weighted by Crippen LogP contribution is -2.42. The Kier molecular flexibility index (Phi) is 7.85. The monoisotopic (exact) mass is 519 g/mol. The first-order chi connectivity index (χ1) is 16.7. The van der Waals surface area contributed by atoms with E-state index in [0.29, 0.717) is 54.2 Å². The van der Waals surface area contributed by atoms with Gasteiger partial charge in [-0.2, -0.15) is 9.30 Å². The van der Waals surface area contributed by atoms with E-state index in [2.05, 4.69) is 18.8 Å². The lowest BCUT2D eigenvalue weighted by atomic mass is 9.94. The maximum Gasteiger partial charge on any atom is 0.279 e. The highest BCUT2D eigenvalue weighted by Crippen LogP contribution is 2.27. The second kappa shape index (κ2) is 10.7. The van der Waals surface area contributed by atoms with Crippen LogP contribution in [-0.2, 0) is 21.3 Å². The minimum atomic E-state index is -3.63. The Bertz CT molecular complexity index is 1370. The smallest absolute Gasteiger partial charge is 0.279 e. The first-order valence-electron chi connectivity index (χ1n) is 11.7. The summed E-state index contributed by atoms with van der Waals surface area (Å²) in [6.45, 7) is 8.48. The highest BCUT2D eigenvalue weighted by molar-refractivity contribution is 7.89. The lowest BCUT2D eigenvalue weighted by Gasteiger charge is -2.34. The van der Waals surface area contributed by atoms with Gasteiger partial charge in [-0.15, -0.1) is 0 Å². The summed E-state index contributed by atoms with van der Waals surface area (Å²) in [5.74, 6) is -0.246. The summed E-state index contributed by atoms with van der Waals surface area (Å²) < 4.78 is 49.5. The van der Waals surface area contributed by atoms with E-state index in [1.54, 1.807) is 6.07 Å². The van der Waals surface area contributed by atoms with Crippen molar-refractivity contribution in [2.45, 2.75) is 38.6 Å². The molecule has 2 atom stereocenters. The average Bonchev–Trinajstić information content (AvgIpc) is 3.14. The second-order valence-electron chi connectivity index (χ2n) is 9.05. The second-order valence-corrected chi connectivity index (χ2v) is 12.0. The summed E-state index contributed by atoms with van der Waals surface area (Å²) in [6, 6.07) is 10.4. The van der Waals surface area contributed by atoms with Gasteiger partial charge in [-0.05, 0) is 67.6 Å². The molecule has 10 heteroatoms. The number of hydrogen-bond donors (Lipinski definition) is 0. The minimum absolute atomic E-state index is 0.166. The highest BCUT2D eigenvalue weighted by Gasteiger charge is 2.31. The third kappa shape index (κ3) is 5.72. The molecule has 0 bridgehead atoms. The van der Waals surface area contributed by atoms with Crippen LogP contribution in [0.1, 0.15) is 37.6 Å². The molecule has 3 aromatic rings. The van der Waals surface area contributed by atoms with Crippen molar-refractivity contribution in [3.05, 3.63) is 58.6 Å². The van der Waals surface area contributed by atoms with Gasteiger partial charge in [-0.1, -0.05) is 25.2 Å². The fourth-order valence-electron chi connectivity index (χ4n) is 4.52. The predicted octanol–water partition coefficient (Wildman–Crippen LogP) is 4.29. The van der Waals surface area contributed by atoms with Crippen LogP contribution in [0.5, 0.6) is 0 Å². The quantitative estimate of drug-likeness (QED) is 0.436. The van der Waals surface area contributed by atoms with Crippen molar-refractivity contribution in [2.24, 2.45) is 16.8 Å². The van der Waals surface area contributed by atoms with E-state index in [1.165, 1.54) is 52.0 Å². The molecule has 0 radical (unpaired) electrons. The number of aromatic nitrogens is 1. The fourth-order valence-corrected chi connectivity index (χ4v) is 7.28. The maximum atomic E-state index is 13.7. The van der Waals surface area contributed by atoms with Crippen LogP contribution >= 0.6 is 11.3 Å². The van der Waals surface area contributed by atoms with E-state index in [0.717, 1.165) is 11.9 Å². The van der Waals surface area contributed by atoms with E-state index in [9.17, 15) is 17.6 Å². The van der Waals surface area contributed by atoms with E-state index >= 15 is 0 Å². The molecule has 2 aromatic carbocycles. The zero-order chi connectivity index (χ0) is 25.2. The van der Waals surface area contributed by atoms with Gasteiger partial charge in [0.1, 0.15) is 5.82 Å². The topological polar surface area (TPSA) is 81.0 Å². The Labute approximate surface area is 208 Å². The van der Waals surface area contributed by atoms with Crippen LogP contribution in [0.2, 0.25) is 0 Å². The molecule has 0 aliphatic carbocycles. The normalized spacial score (nSPS) is 19.9. The van der Waals surface area contributed by atoms with Gasteiger partial charge in [-0.25, -0.2) is 12.8 Å². The molecule has 35 heavy (non-hydrogen) atoms. The van der Waals surface area contributed by atoms with Crippen LogP contribution in [0.25, 0.3) is 10.2 Å². The Morgan fingerprint density at radius 1 is 1.14 bits per heavy atom. The van der Waals surface area contributed by atoms with Crippen molar-refractivity contribution in [1.82, 2.24) is 8.87 Å². The van der Waals surface area contributed by atoms with Gasteiger partial charge in [0.05, 0.1) is 21.7 Å². The van der Waals surface area contributed by atoms with Gasteiger partial charge >= 0.3 is 0 Å². The van der Waals surface area contributed by atoms with E-state index < -0.39 is 15.9 Å². The van der Waals surface area contributed by atoms with Crippen LogP contribution in [0, 0.1) is 17.7 Å². The number of ether oxygens (including phenoxy) is 1. The Morgan fingerprint density at radius 2 is 1.83 bits per heavy atom. The summed E-state index contributed by atoms with van der Waals surface area (Å²) >= 11 is 1.22. The predicted molar refractivity (Wildman–Crippen MR) is 134 cm³/mol. The summed E-state index contributed by atoms with van der Waals surface area (Å²) in [5.41, 5.74) is 1.05. The molecule has 0 spiro atoms. The number of amides is 1. The molecule has 0 N–H and O–H groups in total. The van der Waals surface area contributed by atoms with Gasteiger partial charge in [0.25, 0.3) is 5.91 Å². The number of rotatable bonds is 7. The van der Waals surface area contributed by atoms with Crippen molar-refractivity contribution in [2.75, 3.05) is 26.3 Å². The van der Waals surface area contributed by atoms with Crippen molar-refractivity contribution in [1.29, 1.82) is 0 Å². The number of halogens is 1. The minimum Gasteiger partial charge on any atom is -0.380 e. The number of benzene rings is 2. The number of carbonyl (C=O) groups excluding carboxylic acids is 1. The third-order valence-electron chi connectivity index (χ3n) is 6.08. The molecule has 1 aliphatic rings. The number of carbonyl (C=O) groups is 1. The SMILES string of the molecule is CCOCCn1c(=NC(=O)c2ccc(S(=O)(=O)N3CC(C)CC(C)C3)cc2)sc2cc(F)ccc21. The fraction of sp³-hybridized carbons (Fsp3) is 0.440. The first-order valence-corrected chi connectivity index (χ1v) is 14.0. The molecule has 0 saturated carbocycles. The van der Waals surface area contributed by atoms with Gasteiger partial charge < -0.3 is 9.30 Å². The molecule has 2 heterocycles. The molecular formula is C25H30FN3O4S2. The Morgan fingerprint density at radius 3 is 2.49 bits per heavy atom. The van der Waals surface area contributed by atoms with E-state index in [-0.39, 0.29) is 16.3 Å². The zero-order valence-electron chi connectivity index (χ0n) is 20.1. The van der Waals surface area contributed by atoms with Gasteiger partial charge in [-0.3, -0.25) is 4.79 Å². The summed E-state index contributed by atoms with van der Waals surface area (Å²) in [4.78, 5) is 17.8. The first kappa shape index (κ1) is 25.7. The molecule has 1 aromatic heterocycles. The van der Waals surface area contributed by atoms with Crippen molar-refractivity contribution < 1.29 is 22.3 Å². The molecule has 1 aliphatic heterocycles. The highest BCUT2D eigenvalue weighted by atomic mass is 32.2. The number of fused-ring (bicyclic) bond motifs is 1.